The lowest BCUT2D eigenvalue weighted by molar-refractivity contribution is 0.372. The SMILES string of the molecule is CN=C(NCc1cc(C(C)C)no1)NCc1ccccc1C.I. The minimum Gasteiger partial charge on any atom is -0.359 e. The van der Waals surface area contributed by atoms with E-state index in [2.05, 4.69) is 53.7 Å². The Kier molecular flexibility index (Phi) is 8.08. The molecule has 0 unspecified atom stereocenters. The van der Waals surface area contributed by atoms with Gasteiger partial charge in [-0.2, -0.15) is 0 Å². The molecule has 1 heterocycles. The van der Waals surface area contributed by atoms with Crippen molar-refractivity contribution in [3.63, 3.8) is 0 Å². The van der Waals surface area contributed by atoms with Crippen LogP contribution in [0.15, 0.2) is 39.8 Å². The molecule has 0 fully saturated rings. The van der Waals surface area contributed by atoms with Gasteiger partial charge in [-0.25, -0.2) is 0 Å². The lowest BCUT2D eigenvalue weighted by Crippen LogP contribution is -2.36. The van der Waals surface area contributed by atoms with Crippen molar-refractivity contribution >= 4 is 29.9 Å². The highest BCUT2D eigenvalue weighted by molar-refractivity contribution is 14.0. The first kappa shape index (κ1) is 19.5. The first-order valence-electron chi connectivity index (χ1n) is 7.54. The Morgan fingerprint density at radius 2 is 1.91 bits per heavy atom. The van der Waals surface area contributed by atoms with E-state index in [-0.39, 0.29) is 24.0 Å². The summed E-state index contributed by atoms with van der Waals surface area (Å²) in [5, 5.41) is 10.6. The minimum atomic E-state index is 0. The van der Waals surface area contributed by atoms with Crippen molar-refractivity contribution in [3.05, 3.63) is 52.9 Å². The van der Waals surface area contributed by atoms with Crippen LogP contribution in [0.25, 0.3) is 0 Å². The largest absolute Gasteiger partial charge is 0.359 e. The highest BCUT2D eigenvalue weighted by atomic mass is 127. The molecule has 0 radical (unpaired) electrons. The molecule has 2 rings (SSSR count). The van der Waals surface area contributed by atoms with Crippen LogP contribution in [0.1, 0.15) is 42.3 Å². The number of benzene rings is 1. The molecule has 0 aliphatic carbocycles. The van der Waals surface area contributed by atoms with E-state index in [0.29, 0.717) is 12.5 Å². The zero-order valence-electron chi connectivity index (χ0n) is 14.1. The first-order chi connectivity index (χ1) is 10.6. The van der Waals surface area contributed by atoms with Gasteiger partial charge in [0.2, 0.25) is 0 Å². The molecule has 0 saturated heterocycles. The van der Waals surface area contributed by atoms with E-state index in [1.807, 2.05) is 18.2 Å². The van der Waals surface area contributed by atoms with Gasteiger partial charge in [-0.15, -0.1) is 24.0 Å². The van der Waals surface area contributed by atoms with Gasteiger partial charge in [-0.3, -0.25) is 4.99 Å². The Bertz CT molecular complexity index is 637. The number of hydrogen-bond acceptors (Lipinski definition) is 3. The predicted molar refractivity (Wildman–Crippen MR) is 104 cm³/mol. The van der Waals surface area contributed by atoms with Crippen LogP contribution >= 0.6 is 24.0 Å². The molecule has 0 spiro atoms. The zero-order chi connectivity index (χ0) is 15.9. The quantitative estimate of drug-likeness (QED) is 0.434. The van der Waals surface area contributed by atoms with Gasteiger partial charge in [0.15, 0.2) is 11.7 Å². The second-order valence-corrected chi connectivity index (χ2v) is 5.58. The molecule has 0 atom stereocenters. The molecule has 1 aromatic heterocycles. The Labute approximate surface area is 155 Å². The fourth-order valence-corrected chi connectivity index (χ4v) is 2.06. The Hall–Kier alpha value is -1.57. The van der Waals surface area contributed by atoms with Crippen molar-refractivity contribution in [2.75, 3.05) is 7.05 Å². The minimum absolute atomic E-state index is 0. The first-order valence-corrected chi connectivity index (χ1v) is 7.54. The van der Waals surface area contributed by atoms with E-state index < -0.39 is 0 Å². The van der Waals surface area contributed by atoms with Crippen LogP contribution in [0, 0.1) is 6.92 Å². The fraction of sp³-hybridized carbons (Fsp3) is 0.412. The molecule has 0 bridgehead atoms. The Morgan fingerprint density at radius 3 is 2.52 bits per heavy atom. The molecule has 5 nitrogen and oxygen atoms in total. The lowest BCUT2D eigenvalue weighted by Gasteiger charge is -2.12. The van der Waals surface area contributed by atoms with Crippen LogP contribution in [0.2, 0.25) is 0 Å². The molecular formula is C17H25IN4O. The van der Waals surface area contributed by atoms with Crippen LogP contribution in [0.4, 0.5) is 0 Å². The summed E-state index contributed by atoms with van der Waals surface area (Å²) in [7, 11) is 1.76. The monoisotopic (exact) mass is 428 g/mol. The van der Waals surface area contributed by atoms with Crippen molar-refractivity contribution in [2.24, 2.45) is 4.99 Å². The van der Waals surface area contributed by atoms with Gasteiger partial charge >= 0.3 is 0 Å². The predicted octanol–water partition coefficient (Wildman–Crippen LogP) is 3.59. The van der Waals surface area contributed by atoms with Gasteiger partial charge in [0.05, 0.1) is 12.2 Å². The second kappa shape index (κ2) is 9.54. The van der Waals surface area contributed by atoms with Crippen LogP contribution in [0.3, 0.4) is 0 Å². The molecule has 6 heteroatoms. The van der Waals surface area contributed by atoms with Gasteiger partial charge in [-0.05, 0) is 24.0 Å². The maximum Gasteiger partial charge on any atom is 0.191 e. The van der Waals surface area contributed by atoms with Gasteiger partial charge in [0.1, 0.15) is 0 Å². The number of rotatable bonds is 5. The summed E-state index contributed by atoms with van der Waals surface area (Å²) in [5.41, 5.74) is 3.49. The third-order valence-corrected chi connectivity index (χ3v) is 3.53. The number of nitrogens with one attached hydrogen (secondary N) is 2. The Balaban J connectivity index is 0.00000264. The van der Waals surface area contributed by atoms with E-state index in [1.165, 1.54) is 11.1 Å². The molecule has 2 aromatic rings. The number of halogens is 1. The van der Waals surface area contributed by atoms with Crippen LogP contribution in [-0.4, -0.2) is 18.2 Å². The summed E-state index contributed by atoms with van der Waals surface area (Å²) < 4.78 is 5.31. The summed E-state index contributed by atoms with van der Waals surface area (Å²) in [4.78, 5) is 4.22. The van der Waals surface area contributed by atoms with E-state index in [1.54, 1.807) is 7.05 Å². The summed E-state index contributed by atoms with van der Waals surface area (Å²) >= 11 is 0. The molecule has 126 valence electrons. The van der Waals surface area contributed by atoms with Crippen molar-refractivity contribution < 1.29 is 4.52 Å². The number of nitrogens with zero attached hydrogens (tertiary/aromatic N) is 2. The summed E-state index contributed by atoms with van der Waals surface area (Å²) in [6.45, 7) is 7.60. The van der Waals surface area contributed by atoms with Crippen molar-refractivity contribution in [1.82, 2.24) is 15.8 Å². The van der Waals surface area contributed by atoms with Crippen molar-refractivity contribution in [1.29, 1.82) is 0 Å². The normalized spacial score (nSPS) is 11.3. The van der Waals surface area contributed by atoms with Gasteiger partial charge in [0, 0.05) is 19.7 Å². The maximum absolute atomic E-state index is 5.31. The summed E-state index contributed by atoms with van der Waals surface area (Å²) in [6.07, 6.45) is 0. The van der Waals surface area contributed by atoms with E-state index in [9.17, 15) is 0 Å². The summed E-state index contributed by atoms with van der Waals surface area (Å²) in [5.74, 6) is 1.92. The molecule has 0 aliphatic rings. The molecule has 0 aliphatic heterocycles. The van der Waals surface area contributed by atoms with E-state index >= 15 is 0 Å². The fourth-order valence-electron chi connectivity index (χ4n) is 2.06. The number of guanidine groups is 1. The smallest absolute Gasteiger partial charge is 0.191 e. The molecule has 1 aromatic carbocycles. The molecular weight excluding hydrogens is 403 g/mol. The highest BCUT2D eigenvalue weighted by Crippen LogP contribution is 2.13. The standard InChI is InChI=1S/C17H24N4O.HI/c1-12(2)16-9-15(22-21-16)11-20-17(18-4)19-10-14-8-6-5-7-13(14)3;/h5-9,12H,10-11H2,1-4H3,(H2,18,19,20);1H. The molecule has 2 N–H and O–H groups in total. The third kappa shape index (κ3) is 5.85. The zero-order valence-corrected chi connectivity index (χ0v) is 16.4. The van der Waals surface area contributed by atoms with Gasteiger partial charge < -0.3 is 15.2 Å². The summed E-state index contributed by atoms with van der Waals surface area (Å²) in [6, 6.07) is 10.3. The molecule has 23 heavy (non-hydrogen) atoms. The average molecular weight is 428 g/mol. The third-order valence-electron chi connectivity index (χ3n) is 3.53. The maximum atomic E-state index is 5.31. The number of aryl methyl sites for hydroxylation is 1. The topological polar surface area (TPSA) is 62.5 Å². The van der Waals surface area contributed by atoms with Crippen LogP contribution in [0.5, 0.6) is 0 Å². The van der Waals surface area contributed by atoms with E-state index in [4.69, 9.17) is 4.52 Å². The lowest BCUT2D eigenvalue weighted by atomic mass is 10.1. The molecule has 0 saturated carbocycles. The van der Waals surface area contributed by atoms with E-state index in [0.717, 1.165) is 24.0 Å². The van der Waals surface area contributed by atoms with Crippen molar-refractivity contribution in [3.8, 4) is 0 Å². The van der Waals surface area contributed by atoms with Crippen LogP contribution in [-0.2, 0) is 13.1 Å². The number of hydrogen-bond donors (Lipinski definition) is 2. The highest BCUT2D eigenvalue weighted by Gasteiger charge is 2.08. The van der Waals surface area contributed by atoms with Crippen LogP contribution < -0.4 is 10.6 Å². The Morgan fingerprint density at radius 1 is 1.22 bits per heavy atom. The molecule has 0 amide bonds. The number of aliphatic imine (C=N–C) groups is 1. The number of aromatic nitrogens is 1. The second-order valence-electron chi connectivity index (χ2n) is 5.58. The average Bonchev–Trinajstić information content (AvgIpc) is 2.98. The van der Waals surface area contributed by atoms with Gasteiger partial charge in [0.25, 0.3) is 0 Å². The van der Waals surface area contributed by atoms with Gasteiger partial charge in [-0.1, -0.05) is 43.3 Å². The van der Waals surface area contributed by atoms with Crippen molar-refractivity contribution in [2.45, 2.75) is 39.8 Å².